The average molecular weight is 210 g/mol. The van der Waals surface area contributed by atoms with Crippen molar-refractivity contribution >= 4 is 0 Å². The summed E-state index contributed by atoms with van der Waals surface area (Å²) in [7, 11) is 0. The fourth-order valence-corrected chi connectivity index (χ4v) is 2.29. The van der Waals surface area contributed by atoms with Crippen LogP contribution in [0.1, 0.15) is 33.6 Å². The molecule has 88 valence electrons. The second-order valence-electron chi connectivity index (χ2n) is 5.16. The van der Waals surface area contributed by atoms with E-state index in [9.17, 15) is 0 Å². The van der Waals surface area contributed by atoms with Crippen LogP contribution >= 0.6 is 0 Å². The summed E-state index contributed by atoms with van der Waals surface area (Å²) in [4.78, 5) is 2.59. The molecule has 2 heteroatoms. The van der Waals surface area contributed by atoms with E-state index in [2.05, 4.69) is 37.6 Å². The normalized spacial score (nSPS) is 28.3. The Morgan fingerprint density at radius 1 is 1.53 bits per heavy atom. The summed E-state index contributed by atoms with van der Waals surface area (Å²) in [5.41, 5.74) is 0. The first-order valence-corrected chi connectivity index (χ1v) is 6.21. The maximum absolute atomic E-state index is 3.80. The third-order valence-electron chi connectivity index (χ3n) is 3.16. The molecule has 0 radical (unpaired) electrons. The van der Waals surface area contributed by atoms with Crippen LogP contribution in [0.4, 0.5) is 0 Å². The highest BCUT2D eigenvalue weighted by atomic mass is 15.2. The van der Waals surface area contributed by atoms with E-state index in [1.54, 1.807) is 0 Å². The zero-order valence-corrected chi connectivity index (χ0v) is 10.5. The van der Waals surface area contributed by atoms with Gasteiger partial charge in [-0.2, -0.15) is 0 Å². The first-order chi connectivity index (χ1) is 7.13. The van der Waals surface area contributed by atoms with Crippen molar-refractivity contribution in [3.63, 3.8) is 0 Å². The van der Waals surface area contributed by atoms with Gasteiger partial charge in [0.1, 0.15) is 0 Å². The summed E-state index contributed by atoms with van der Waals surface area (Å²) < 4.78 is 0. The Morgan fingerprint density at radius 3 is 2.87 bits per heavy atom. The number of nitrogens with zero attached hydrogens (tertiary/aromatic N) is 1. The van der Waals surface area contributed by atoms with Crippen LogP contribution in [0.15, 0.2) is 12.7 Å². The van der Waals surface area contributed by atoms with Crippen molar-refractivity contribution in [2.45, 2.75) is 45.7 Å². The van der Waals surface area contributed by atoms with Gasteiger partial charge >= 0.3 is 0 Å². The van der Waals surface area contributed by atoms with Gasteiger partial charge in [-0.1, -0.05) is 19.9 Å². The van der Waals surface area contributed by atoms with E-state index in [0.717, 1.165) is 18.9 Å². The summed E-state index contributed by atoms with van der Waals surface area (Å²) in [6.07, 6.45) is 4.42. The Bertz CT molecular complexity index is 189. The smallest absolute Gasteiger partial charge is 0.0198 e. The second-order valence-corrected chi connectivity index (χ2v) is 5.16. The summed E-state index contributed by atoms with van der Waals surface area (Å²) in [6, 6.07) is 1.36. The minimum Gasteiger partial charge on any atom is -0.311 e. The van der Waals surface area contributed by atoms with Crippen LogP contribution in [-0.2, 0) is 0 Å². The van der Waals surface area contributed by atoms with Gasteiger partial charge in [-0.15, -0.1) is 6.58 Å². The first-order valence-electron chi connectivity index (χ1n) is 6.21. The quantitative estimate of drug-likeness (QED) is 0.700. The lowest BCUT2D eigenvalue weighted by atomic mass is 10.00. The molecule has 2 atom stereocenters. The maximum atomic E-state index is 3.80. The van der Waals surface area contributed by atoms with E-state index in [-0.39, 0.29) is 0 Å². The predicted molar refractivity (Wildman–Crippen MR) is 67.1 cm³/mol. The van der Waals surface area contributed by atoms with Gasteiger partial charge in [0.25, 0.3) is 0 Å². The van der Waals surface area contributed by atoms with Gasteiger partial charge in [0.05, 0.1) is 0 Å². The molecule has 0 aromatic rings. The predicted octanol–water partition coefficient (Wildman–Crippen LogP) is 2.27. The molecule has 2 unspecified atom stereocenters. The first kappa shape index (κ1) is 12.7. The molecule has 1 aliphatic heterocycles. The molecular weight excluding hydrogens is 184 g/mol. The summed E-state index contributed by atoms with van der Waals surface area (Å²) in [6.45, 7) is 14.2. The van der Waals surface area contributed by atoms with Gasteiger partial charge in [0, 0.05) is 31.7 Å². The molecule has 0 aromatic carbocycles. The maximum Gasteiger partial charge on any atom is 0.0198 e. The van der Waals surface area contributed by atoms with E-state index in [1.807, 2.05) is 6.08 Å². The van der Waals surface area contributed by atoms with Gasteiger partial charge in [-0.25, -0.2) is 0 Å². The van der Waals surface area contributed by atoms with E-state index in [0.29, 0.717) is 12.1 Å². The molecule has 1 rings (SSSR count). The number of nitrogens with one attached hydrogen (secondary N) is 1. The Labute approximate surface area is 94.7 Å². The van der Waals surface area contributed by atoms with E-state index >= 15 is 0 Å². The highest BCUT2D eigenvalue weighted by Crippen LogP contribution is 2.13. The molecule has 0 aromatic heterocycles. The van der Waals surface area contributed by atoms with Gasteiger partial charge in [-0.05, 0) is 25.7 Å². The number of piperazine rings is 1. The highest BCUT2D eigenvalue weighted by molar-refractivity contribution is 4.85. The third-order valence-corrected chi connectivity index (χ3v) is 3.16. The van der Waals surface area contributed by atoms with Crippen molar-refractivity contribution < 1.29 is 0 Å². The number of hydrogen-bond donors (Lipinski definition) is 1. The van der Waals surface area contributed by atoms with Gasteiger partial charge in [-0.3, -0.25) is 4.90 Å². The van der Waals surface area contributed by atoms with Crippen LogP contribution in [0.25, 0.3) is 0 Å². The van der Waals surface area contributed by atoms with Gasteiger partial charge in [0.2, 0.25) is 0 Å². The van der Waals surface area contributed by atoms with Crippen molar-refractivity contribution in [1.82, 2.24) is 10.2 Å². The molecule has 1 heterocycles. The van der Waals surface area contributed by atoms with Crippen LogP contribution in [0.2, 0.25) is 0 Å². The summed E-state index contributed by atoms with van der Waals surface area (Å²) in [5.74, 6) is 0.789. The second kappa shape index (κ2) is 6.29. The van der Waals surface area contributed by atoms with Crippen LogP contribution < -0.4 is 5.32 Å². The topological polar surface area (TPSA) is 15.3 Å². The fourth-order valence-electron chi connectivity index (χ4n) is 2.29. The molecule has 15 heavy (non-hydrogen) atoms. The van der Waals surface area contributed by atoms with Crippen molar-refractivity contribution in [2.75, 3.05) is 19.6 Å². The molecular formula is C13H26N2. The molecule has 0 spiro atoms. The molecule has 1 aliphatic rings. The zero-order valence-electron chi connectivity index (χ0n) is 10.5. The van der Waals surface area contributed by atoms with Crippen molar-refractivity contribution in [3.05, 3.63) is 12.7 Å². The Morgan fingerprint density at radius 2 is 2.27 bits per heavy atom. The fraction of sp³-hybridized carbons (Fsp3) is 0.846. The van der Waals surface area contributed by atoms with Crippen molar-refractivity contribution in [2.24, 2.45) is 5.92 Å². The monoisotopic (exact) mass is 210 g/mol. The van der Waals surface area contributed by atoms with E-state index < -0.39 is 0 Å². The van der Waals surface area contributed by atoms with Crippen molar-refractivity contribution in [1.29, 1.82) is 0 Å². The molecule has 1 fully saturated rings. The largest absolute Gasteiger partial charge is 0.311 e. The molecule has 1 saturated heterocycles. The Kier molecular flexibility index (Phi) is 5.34. The Hall–Kier alpha value is -0.340. The molecule has 0 aliphatic carbocycles. The van der Waals surface area contributed by atoms with Gasteiger partial charge in [0.15, 0.2) is 0 Å². The van der Waals surface area contributed by atoms with E-state index in [1.165, 1.54) is 19.5 Å². The van der Waals surface area contributed by atoms with Crippen LogP contribution in [-0.4, -0.2) is 36.6 Å². The van der Waals surface area contributed by atoms with E-state index in [4.69, 9.17) is 0 Å². The number of rotatable bonds is 5. The molecule has 2 nitrogen and oxygen atoms in total. The molecule has 1 N–H and O–H groups in total. The van der Waals surface area contributed by atoms with Crippen LogP contribution in [0, 0.1) is 5.92 Å². The highest BCUT2D eigenvalue weighted by Gasteiger charge is 2.24. The third kappa shape index (κ3) is 4.35. The SMILES string of the molecule is C=CCCN1CC(CC(C)C)NCC1C. The number of hydrogen-bond acceptors (Lipinski definition) is 2. The summed E-state index contributed by atoms with van der Waals surface area (Å²) >= 11 is 0. The zero-order chi connectivity index (χ0) is 11.3. The average Bonchev–Trinajstić information content (AvgIpc) is 2.18. The summed E-state index contributed by atoms with van der Waals surface area (Å²) in [5, 5.41) is 3.64. The lowest BCUT2D eigenvalue weighted by Gasteiger charge is -2.39. The lowest BCUT2D eigenvalue weighted by Crippen LogP contribution is -2.55. The van der Waals surface area contributed by atoms with Crippen LogP contribution in [0.3, 0.4) is 0 Å². The standard InChI is InChI=1S/C13H26N2/c1-5-6-7-15-10-13(8-11(2)3)14-9-12(15)4/h5,11-14H,1,6-10H2,2-4H3. The lowest BCUT2D eigenvalue weighted by molar-refractivity contribution is 0.134. The molecule has 0 bridgehead atoms. The van der Waals surface area contributed by atoms with Crippen LogP contribution in [0.5, 0.6) is 0 Å². The molecule has 0 amide bonds. The Balaban J connectivity index is 2.37. The minimum atomic E-state index is 0.674. The minimum absolute atomic E-state index is 0.674. The van der Waals surface area contributed by atoms with Crippen molar-refractivity contribution in [3.8, 4) is 0 Å². The van der Waals surface area contributed by atoms with Gasteiger partial charge < -0.3 is 5.32 Å². The molecule has 0 saturated carbocycles.